The first kappa shape index (κ1) is 12.5. The van der Waals surface area contributed by atoms with Crippen LogP contribution < -0.4 is 0 Å². The highest BCUT2D eigenvalue weighted by Crippen LogP contribution is 2.37. The highest BCUT2D eigenvalue weighted by atomic mass is 19.4. The lowest BCUT2D eigenvalue weighted by atomic mass is 9.89. The zero-order chi connectivity index (χ0) is 13.8. The van der Waals surface area contributed by atoms with Crippen LogP contribution in [0.15, 0.2) is 12.1 Å². The molecule has 0 fully saturated rings. The zero-order valence-electron chi connectivity index (χ0n) is 10.9. The van der Waals surface area contributed by atoms with Gasteiger partial charge in [0.1, 0.15) is 5.65 Å². The molecule has 5 heteroatoms. The van der Waals surface area contributed by atoms with Crippen LogP contribution in [0.1, 0.15) is 29.1 Å². The van der Waals surface area contributed by atoms with Gasteiger partial charge in [0.05, 0.1) is 11.6 Å². The fraction of sp³-hybridized carbons (Fsp3) is 0.500. The van der Waals surface area contributed by atoms with Crippen molar-refractivity contribution in [3.63, 3.8) is 0 Å². The molecular formula is C14H15F3N2. The van der Waals surface area contributed by atoms with Crippen molar-refractivity contribution in [1.29, 1.82) is 0 Å². The van der Waals surface area contributed by atoms with Crippen LogP contribution in [0.25, 0.3) is 5.65 Å². The molecule has 1 atom stereocenters. The van der Waals surface area contributed by atoms with E-state index in [0.29, 0.717) is 12.1 Å². The van der Waals surface area contributed by atoms with Crippen LogP contribution >= 0.6 is 0 Å². The zero-order valence-corrected chi connectivity index (χ0v) is 10.9. The molecule has 0 saturated heterocycles. The van der Waals surface area contributed by atoms with Gasteiger partial charge in [-0.05, 0) is 44.4 Å². The van der Waals surface area contributed by atoms with Crippen molar-refractivity contribution in [3.05, 3.63) is 34.8 Å². The standard InChI is InChI=1S/C14H15F3N2/c1-8-5-9(2)19-12-4-3-10(14(15,16)17)7-11(12)18-13(19)6-8/h5-6,10H,3-4,7H2,1-2H3. The first-order valence-corrected chi connectivity index (χ1v) is 6.40. The minimum absolute atomic E-state index is 0.0129. The van der Waals surface area contributed by atoms with Crippen molar-refractivity contribution in [1.82, 2.24) is 9.38 Å². The highest BCUT2D eigenvalue weighted by molar-refractivity contribution is 5.48. The third-order valence-corrected chi connectivity index (χ3v) is 3.86. The molecule has 0 N–H and O–H groups in total. The van der Waals surface area contributed by atoms with E-state index in [1.165, 1.54) is 0 Å². The Hall–Kier alpha value is -1.52. The second-order valence-corrected chi connectivity index (χ2v) is 5.35. The van der Waals surface area contributed by atoms with Gasteiger partial charge < -0.3 is 4.40 Å². The molecule has 0 amide bonds. The number of hydrogen-bond donors (Lipinski definition) is 0. The largest absolute Gasteiger partial charge is 0.392 e. The van der Waals surface area contributed by atoms with Gasteiger partial charge >= 0.3 is 6.18 Å². The monoisotopic (exact) mass is 268 g/mol. The van der Waals surface area contributed by atoms with Gasteiger partial charge in [-0.15, -0.1) is 0 Å². The van der Waals surface area contributed by atoms with E-state index in [4.69, 9.17) is 0 Å². The second kappa shape index (κ2) is 3.99. The van der Waals surface area contributed by atoms with Crippen LogP contribution in [-0.2, 0) is 12.8 Å². The van der Waals surface area contributed by atoms with Gasteiger partial charge in [0, 0.05) is 17.8 Å². The number of halogens is 3. The van der Waals surface area contributed by atoms with Crippen LogP contribution in [0.5, 0.6) is 0 Å². The molecule has 3 rings (SSSR count). The van der Waals surface area contributed by atoms with E-state index in [-0.39, 0.29) is 12.8 Å². The molecule has 2 heterocycles. The Balaban J connectivity index is 2.10. The van der Waals surface area contributed by atoms with Crippen molar-refractivity contribution < 1.29 is 13.2 Å². The number of fused-ring (bicyclic) bond motifs is 3. The van der Waals surface area contributed by atoms with Crippen LogP contribution in [0, 0.1) is 19.8 Å². The average molecular weight is 268 g/mol. The number of hydrogen-bond acceptors (Lipinski definition) is 1. The molecule has 0 spiro atoms. The minimum Gasteiger partial charge on any atom is -0.301 e. The van der Waals surface area contributed by atoms with E-state index >= 15 is 0 Å². The Morgan fingerprint density at radius 1 is 1.26 bits per heavy atom. The third kappa shape index (κ3) is 2.01. The summed E-state index contributed by atoms with van der Waals surface area (Å²) in [6.07, 6.45) is -3.49. The second-order valence-electron chi connectivity index (χ2n) is 5.35. The lowest BCUT2D eigenvalue weighted by Crippen LogP contribution is -2.29. The molecule has 1 aliphatic carbocycles. The van der Waals surface area contributed by atoms with E-state index in [1.807, 2.05) is 30.4 Å². The van der Waals surface area contributed by atoms with Crippen LogP contribution in [0.2, 0.25) is 0 Å². The Morgan fingerprint density at radius 3 is 2.68 bits per heavy atom. The third-order valence-electron chi connectivity index (χ3n) is 3.86. The number of aryl methyl sites for hydroxylation is 3. The van der Waals surface area contributed by atoms with Gasteiger partial charge in [0.2, 0.25) is 0 Å². The molecular weight excluding hydrogens is 253 g/mol. The summed E-state index contributed by atoms with van der Waals surface area (Å²) in [5.41, 5.74) is 4.45. The fourth-order valence-corrected chi connectivity index (χ4v) is 3.00. The highest BCUT2D eigenvalue weighted by Gasteiger charge is 2.42. The summed E-state index contributed by atoms with van der Waals surface area (Å²) in [7, 11) is 0. The molecule has 2 aromatic heterocycles. The minimum atomic E-state index is -4.11. The molecule has 2 nitrogen and oxygen atoms in total. The molecule has 0 bridgehead atoms. The first-order chi connectivity index (χ1) is 8.86. The fourth-order valence-electron chi connectivity index (χ4n) is 3.00. The maximum atomic E-state index is 12.8. The predicted molar refractivity (Wildman–Crippen MR) is 66.2 cm³/mol. The summed E-state index contributed by atoms with van der Waals surface area (Å²) in [6.45, 7) is 3.94. The Morgan fingerprint density at radius 2 is 2.00 bits per heavy atom. The summed E-state index contributed by atoms with van der Waals surface area (Å²) in [5, 5.41) is 0. The molecule has 2 aromatic rings. The van der Waals surface area contributed by atoms with Crippen molar-refractivity contribution in [3.8, 4) is 0 Å². The Bertz CT molecular complexity index is 640. The van der Waals surface area contributed by atoms with Crippen LogP contribution in [0.3, 0.4) is 0 Å². The molecule has 0 radical (unpaired) electrons. The van der Waals surface area contributed by atoms with Crippen molar-refractivity contribution >= 4 is 5.65 Å². The van der Waals surface area contributed by atoms with Crippen molar-refractivity contribution in [2.75, 3.05) is 0 Å². The summed E-state index contributed by atoms with van der Waals surface area (Å²) in [4.78, 5) is 4.40. The topological polar surface area (TPSA) is 17.3 Å². The Kier molecular flexibility index (Phi) is 2.62. The number of pyridine rings is 1. The lowest BCUT2D eigenvalue weighted by Gasteiger charge is -2.24. The van der Waals surface area contributed by atoms with Gasteiger partial charge in [-0.25, -0.2) is 4.98 Å². The lowest BCUT2D eigenvalue weighted by molar-refractivity contribution is -0.177. The quantitative estimate of drug-likeness (QED) is 0.713. The van der Waals surface area contributed by atoms with Crippen LogP contribution in [0.4, 0.5) is 13.2 Å². The summed E-state index contributed by atoms with van der Waals surface area (Å²) in [6, 6.07) is 3.96. The SMILES string of the molecule is Cc1cc(C)n2c3c(nc2c1)CC(C(F)(F)F)CC3. The maximum absolute atomic E-state index is 12.8. The van der Waals surface area contributed by atoms with Gasteiger partial charge in [-0.3, -0.25) is 0 Å². The van der Waals surface area contributed by atoms with E-state index in [0.717, 1.165) is 22.6 Å². The maximum Gasteiger partial charge on any atom is 0.392 e. The average Bonchev–Trinajstić information content (AvgIpc) is 2.64. The van der Waals surface area contributed by atoms with E-state index in [2.05, 4.69) is 4.98 Å². The number of imidazole rings is 1. The summed E-state index contributed by atoms with van der Waals surface area (Å²) >= 11 is 0. The van der Waals surface area contributed by atoms with Gasteiger partial charge in [0.15, 0.2) is 0 Å². The molecule has 1 unspecified atom stereocenters. The molecule has 102 valence electrons. The number of nitrogens with zero attached hydrogens (tertiary/aromatic N) is 2. The molecule has 0 aromatic carbocycles. The smallest absolute Gasteiger partial charge is 0.301 e. The summed E-state index contributed by atoms with van der Waals surface area (Å²) in [5.74, 6) is -1.24. The van der Waals surface area contributed by atoms with Gasteiger partial charge in [-0.2, -0.15) is 13.2 Å². The molecule has 1 aliphatic rings. The number of alkyl halides is 3. The number of rotatable bonds is 0. The van der Waals surface area contributed by atoms with Crippen LogP contribution in [-0.4, -0.2) is 15.6 Å². The first-order valence-electron chi connectivity index (χ1n) is 6.40. The van der Waals surface area contributed by atoms with E-state index in [9.17, 15) is 13.2 Å². The predicted octanol–water partition coefficient (Wildman–Crippen LogP) is 3.62. The van der Waals surface area contributed by atoms with Crippen molar-refractivity contribution in [2.24, 2.45) is 5.92 Å². The molecule has 19 heavy (non-hydrogen) atoms. The van der Waals surface area contributed by atoms with E-state index < -0.39 is 12.1 Å². The van der Waals surface area contributed by atoms with Gasteiger partial charge in [-0.1, -0.05) is 0 Å². The van der Waals surface area contributed by atoms with E-state index in [1.54, 1.807) is 0 Å². The molecule has 0 saturated carbocycles. The number of aromatic nitrogens is 2. The van der Waals surface area contributed by atoms with Gasteiger partial charge in [0.25, 0.3) is 0 Å². The molecule has 0 aliphatic heterocycles. The Labute approximate surface area is 109 Å². The normalized spacial score (nSPS) is 19.7. The summed E-state index contributed by atoms with van der Waals surface area (Å²) < 4.78 is 40.4. The van der Waals surface area contributed by atoms with Crippen molar-refractivity contribution in [2.45, 2.75) is 39.3 Å².